The number of aliphatic hydroxyl groups is 2. The van der Waals surface area contributed by atoms with Crippen molar-refractivity contribution in [3.05, 3.63) is 71.8 Å². The number of hydrogen-bond acceptors (Lipinski definition) is 4. The van der Waals surface area contributed by atoms with Crippen LogP contribution in [0.4, 0.5) is 0 Å². The van der Waals surface area contributed by atoms with Crippen LogP contribution in [0, 0.1) is 0 Å². The zero-order chi connectivity index (χ0) is 14.8. The standard InChI is InChI=1S/C17H18O4/c18-11-16(14-7-3-1-4-8-14)13-20-17(12-19,21-16)15-9-5-2-6-10-15/h1-10,18-19H,11-13H2. The molecule has 1 aliphatic rings. The van der Waals surface area contributed by atoms with Gasteiger partial charge in [0.2, 0.25) is 5.79 Å². The zero-order valence-electron chi connectivity index (χ0n) is 11.6. The predicted molar refractivity (Wildman–Crippen MR) is 77.4 cm³/mol. The van der Waals surface area contributed by atoms with Gasteiger partial charge in [-0.15, -0.1) is 0 Å². The maximum atomic E-state index is 9.86. The van der Waals surface area contributed by atoms with Gasteiger partial charge in [-0.3, -0.25) is 0 Å². The van der Waals surface area contributed by atoms with Gasteiger partial charge in [-0.25, -0.2) is 0 Å². The number of aliphatic hydroxyl groups excluding tert-OH is 2. The van der Waals surface area contributed by atoms with Crippen molar-refractivity contribution in [2.45, 2.75) is 11.4 Å². The lowest BCUT2D eigenvalue weighted by Gasteiger charge is -2.31. The number of hydrogen-bond donors (Lipinski definition) is 2. The average Bonchev–Trinajstić information content (AvgIpc) is 2.98. The second-order valence-corrected chi connectivity index (χ2v) is 5.19. The van der Waals surface area contributed by atoms with E-state index in [9.17, 15) is 10.2 Å². The molecule has 4 heteroatoms. The van der Waals surface area contributed by atoms with Crippen molar-refractivity contribution in [2.75, 3.05) is 19.8 Å². The smallest absolute Gasteiger partial charge is 0.220 e. The molecule has 2 atom stereocenters. The third-order valence-electron chi connectivity index (χ3n) is 3.88. The van der Waals surface area contributed by atoms with Crippen LogP contribution in [0.3, 0.4) is 0 Å². The van der Waals surface area contributed by atoms with Gasteiger partial charge in [0.05, 0.1) is 13.2 Å². The van der Waals surface area contributed by atoms with Crippen molar-refractivity contribution in [1.29, 1.82) is 0 Å². The van der Waals surface area contributed by atoms with Crippen LogP contribution in [0.5, 0.6) is 0 Å². The zero-order valence-corrected chi connectivity index (χ0v) is 11.6. The van der Waals surface area contributed by atoms with Crippen molar-refractivity contribution < 1.29 is 19.7 Å². The summed E-state index contributed by atoms with van der Waals surface area (Å²) >= 11 is 0. The molecule has 2 N–H and O–H groups in total. The molecule has 1 fully saturated rings. The first-order chi connectivity index (χ1) is 10.2. The van der Waals surface area contributed by atoms with Crippen molar-refractivity contribution >= 4 is 0 Å². The maximum Gasteiger partial charge on any atom is 0.220 e. The molecule has 0 amide bonds. The molecule has 0 radical (unpaired) electrons. The minimum absolute atomic E-state index is 0.183. The molecule has 0 aliphatic carbocycles. The van der Waals surface area contributed by atoms with Gasteiger partial charge >= 0.3 is 0 Å². The third kappa shape index (κ3) is 2.36. The molecule has 110 valence electrons. The largest absolute Gasteiger partial charge is 0.393 e. The SMILES string of the molecule is OCC1(c2ccccc2)COC(CO)(c2ccccc2)O1. The molecule has 0 spiro atoms. The van der Waals surface area contributed by atoms with Crippen LogP contribution >= 0.6 is 0 Å². The van der Waals surface area contributed by atoms with Gasteiger partial charge in [-0.2, -0.15) is 0 Å². The van der Waals surface area contributed by atoms with Crippen LogP contribution in [0.2, 0.25) is 0 Å². The molecule has 0 saturated carbocycles. The van der Waals surface area contributed by atoms with E-state index in [1.807, 2.05) is 60.7 Å². The maximum absolute atomic E-state index is 9.86. The third-order valence-corrected chi connectivity index (χ3v) is 3.88. The Morgan fingerprint density at radius 1 is 0.810 bits per heavy atom. The molecule has 1 heterocycles. The number of ether oxygens (including phenoxy) is 2. The number of benzene rings is 2. The van der Waals surface area contributed by atoms with Gasteiger partial charge < -0.3 is 19.7 Å². The molecule has 0 aromatic heterocycles. The molecule has 3 rings (SSSR count). The second-order valence-electron chi connectivity index (χ2n) is 5.19. The minimum Gasteiger partial charge on any atom is -0.393 e. The summed E-state index contributed by atoms with van der Waals surface area (Å²) in [7, 11) is 0. The van der Waals surface area contributed by atoms with E-state index in [4.69, 9.17) is 9.47 Å². The Hall–Kier alpha value is -1.72. The highest BCUT2D eigenvalue weighted by molar-refractivity contribution is 5.27. The normalized spacial score (nSPS) is 28.7. The second kappa shape index (κ2) is 5.58. The van der Waals surface area contributed by atoms with E-state index in [1.165, 1.54) is 0 Å². The van der Waals surface area contributed by atoms with Crippen molar-refractivity contribution in [3.63, 3.8) is 0 Å². The van der Waals surface area contributed by atoms with E-state index in [2.05, 4.69) is 0 Å². The highest BCUT2D eigenvalue weighted by Crippen LogP contribution is 2.43. The van der Waals surface area contributed by atoms with Crippen molar-refractivity contribution in [2.24, 2.45) is 0 Å². The van der Waals surface area contributed by atoms with Crippen LogP contribution < -0.4 is 0 Å². The van der Waals surface area contributed by atoms with E-state index in [-0.39, 0.29) is 19.8 Å². The molecule has 4 nitrogen and oxygen atoms in total. The van der Waals surface area contributed by atoms with E-state index < -0.39 is 11.4 Å². The van der Waals surface area contributed by atoms with Gasteiger partial charge in [0.1, 0.15) is 12.2 Å². The van der Waals surface area contributed by atoms with Gasteiger partial charge in [0, 0.05) is 5.56 Å². The predicted octanol–water partition coefficient (Wildman–Crippen LogP) is 1.77. The highest BCUT2D eigenvalue weighted by atomic mass is 16.8. The lowest BCUT2D eigenvalue weighted by atomic mass is 9.95. The van der Waals surface area contributed by atoms with Crippen LogP contribution in [0.1, 0.15) is 11.1 Å². The van der Waals surface area contributed by atoms with E-state index in [0.717, 1.165) is 11.1 Å². The summed E-state index contributed by atoms with van der Waals surface area (Å²) in [4.78, 5) is 0. The molecule has 2 unspecified atom stereocenters. The topological polar surface area (TPSA) is 58.9 Å². The molecule has 0 bridgehead atoms. The summed E-state index contributed by atoms with van der Waals surface area (Å²) in [5.41, 5.74) is 0.609. The Bertz CT molecular complexity index is 533. The fraction of sp³-hybridized carbons (Fsp3) is 0.294. The van der Waals surface area contributed by atoms with Gasteiger partial charge in [0.15, 0.2) is 0 Å². The van der Waals surface area contributed by atoms with E-state index in [0.29, 0.717) is 0 Å². The Kier molecular flexibility index (Phi) is 3.78. The Morgan fingerprint density at radius 2 is 1.38 bits per heavy atom. The summed E-state index contributed by atoms with van der Waals surface area (Å²) < 4.78 is 11.9. The van der Waals surface area contributed by atoms with Crippen LogP contribution in [-0.4, -0.2) is 30.0 Å². The Labute approximate surface area is 123 Å². The summed E-state index contributed by atoms with van der Waals surface area (Å²) in [5.74, 6) is -1.24. The molecular weight excluding hydrogens is 268 g/mol. The molecule has 1 saturated heterocycles. The van der Waals surface area contributed by atoms with Crippen LogP contribution in [0.25, 0.3) is 0 Å². The first kappa shape index (κ1) is 14.2. The van der Waals surface area contributed by atoms with Crippen molar-refractivity contribution in [1.82, 2.24) is 0 Å². The minimum atomic E-state index is -1.24. The van der Waals surface area contributed by atoms with Gasteiger partial charge in [-0.1, -0.05) is 60.7 Å². The first-order valence-electron chi connectivity index (χ1n) is 6.92. The summed E-state index contributed by atoms with van der Waals surface area (Å²) in [6.07, 6.45) is 0. The first-order valence-corrected chi connectivity index (χ1v) is 6.92. The van der Waals surface area contributed by atoms with E-state index in [1.54, 1.807) is 0 Å². The quantitative estimate of drug-likeness (QED) is 0.899. The molecule has 21 heavy (non-hydrogen) atoms. The van der Waals surface area contributed by atoms with E-state index >= 15 is 0 Å². The molecule has 1 aliphatic heterocycles. The molecular formula is C17H18O4. The summed E-state index contributed by atoms with van der Waals surface area (Å²) in [6, 6.07) is 18.7. The lowest BCUT2D eigenvalue weighted by Crippen LogP contribution is -2.38. The lowest BCUT2D eigenvalue weighted by molar-refractivity contribution is -0.225. The molecule has 2 aromatic carbocycles. The number of rotatable bonds is 4. The Balaban J connectivity index is 1.99. The van der Waals surface area contributed by atoms with Crippen LogP contribution in [-0.2, 0) is 20.9 Å². The van der Waals surface area contributed by atoms with Crippen LogP contribution in [0.15, 0.2) is 60.7 Å². The fourth-order valence-corrected chi connectivity index (χ4v) is 2.66. The van der Waals surface area contributed by atoms with Gasteiger partial charge in [0.25, 0.3) is 0 Å². The summed E-state index contributed by atoms with van der Waals surface area (Å²) in [6.45, 7) is -0.347. The van der Waals surface area contributed by atoms with Gasteiger partial charge in [-0.05, 0) is 5.56 Å². The Morgan fingerprint density at radius 3 is 1.90 bits per heavy atom. The fourth-order valence-electron chi connectivity index (χ4n) is 2.66. The average molecular weight is 286 g/mol. The van der Waals surface area contributed by atoms with Crippen molar-refractivity contribution in [3.8, 4) is 0 Å². The monoisotopic (exact) mass is 286 g/mol. The highest BCUT2D eigenvalue weighted by Gasteiger charge is 2.52. The summed E-state index contributed by atoms with van der Waals surface area (Å²) in [5, 5.41) is 19.7. The molecule has 2 aromatic rings.